The Morgan fingerprint density at radius 3 is 2.60 bits per heavy atom. The van der Waals surface area contributed by atoms with E-state index in [4.69, 9.17) is 16.3 Å². The van der Waals surface area contributed by atoms with Crippen molar-refractivity contribution in [3.63, 3.8) is 0 Å². The van der Waals surface area contributed by atoms with E-state index in [9.17, 15) is 13.9 Å². The van der Waals surface area contributed by atoms with Crippen LogP contribution in [0.1, 0.15) is 24.2 Å². The predicted molar refractivity (Wildman–Crippen MR) is 72.8 cm³/mol. The first-order valence-corrected chi connectivity index (χ1v) is 6.39. The fourth-order valence-electron chi connectivity index (χ4n) is 1.77. The second-order valence-corrected chi connectivity index (χ2v) is 4.80. The molecule has 1 atom stereocenters. The fraction of sp³-hybridized carbons (Fsp3) is 0.200. The van der Waals surface area contributed by atoms with Crippen LogP contribution in [0.25, 0.3) is 0 Å². The average Bonchev–Trinajstić information content (AvgIpc) is 2.40. The maximum absolute atomic E-state index is 13.3. The molecular formula is C15H13ClF2O2. The molecule has 20 heavy (non-hydrogen) atoms. The van der Waals surface area contributed by atoms with Crippen LogP contribution >= 0.6 is 11.6 Å². The number of hydrogen-bond donors (Lipinski definition) is 1. The minimum atomic E-state index is -0.785. The van der Waals surface area contributed by atoms with Gasteiger partial charge in [-0.3, -0.25) is 0 Å². The molecule has 0 heterocycles. The van der Waals surface area contributed by atoms with E-state index in [0.29, 0.717) is 11.1 Å². The molecule has 2 aromatic carbocycles. The number of rotatable bonds is 4. The van der Waals surface area contributed by atoms with Crippen molar-refractivity contribution in [2.24, 2.45) is 0 Å². The average molecular weight is 299 g/mol. The Bertz CT molecular complexity index is 615. The second kappa shape index (κ2) is 6.20. The Morgan fingerprint density at radius 1 is 1.20 bits per heavy atom. The van der Waals surface area contributed by atoms with Crippen LogP contribution < -0.4 is 4.74 Å². The quantitative estimate of drug-likeness (QED) is 0.914. The molecule has 0 saturated carbocycles. The Morgan fingerprint density at radius 2 is 1.95 bits per heavy atom. The summed E-state index contributed by atoms with van der Waals surface area (Å²) in [6.45, 7) is 1.61. The third-order valence-electron chi connectivity index (χ3n) is 2.80. The van der Waals surface area contributed by atoms with Gasteiger partial charge >= 0.3 is 0 Å². The summed E-state index contributed by atoms with van der Waals surface area (Å²) in [5, 5.41) is 9.62. The van der Waals surface area contributed by atoms with E-state index in [1.807, 2.05) is 0 Å². The monoisotopic (exact) mass is 298 g/mol. The van der Waals surface area contributed by atoms with Gasteiger partial charge in [0.1, 0.15) is 24.0 Å². The van der Waals surface area contributed by atoms with E-state index < -0.39 is 17.7 Å². The van der Waals surface area contributed by atoms with E-state index >= 15 is 0 Å². The van der Waals surface area contributed by atoms with Gasteiger partial charge in [0.05, 0.1) is 11.1 Å². The number of benzene rings is 2. The third-order valence-corrected chi connectivity index (χ3v) is 3.11. The molecule has 0 radical (unpaired) electrons. The van der Waals surface area contributed by atoms with Crippen molar-refractivity contribution in [2.45, 2.75) is 19.6 Å². The maximum Gasteiger partial charge on any atom is 0.142 e. The number of halogens is 3. The molecule has 0 unspecified atom stereocenters. The minimum Gasteiger partial charge on any atom is -0.488 e. The zero-order valence-electron chi connectivity index (χ0n) is 10.7. The molecule has 0 fully saturated rings. The van der Waals surface area contributed by atoms with Gasteiger partial charge in [-0.15, -0.1) is 0 Å². The van der Waals surface area contributed by atoms with Crippen molar-refractivity contribution in [1.29, 1.82) is 0 Å². The number of ether oxygens (including phenoxy) is 1. The lowest BCUT2D eigenvalue weighted by Gasteiger charge is -2.13. The van der Waals surface area contributed by atoms with Crippen LogP contribution in [0.3, 0.4) is 0 Å². The highest BCUT2D eigenvalue weighted by atomic mass is 35.5. The van der Waals surface area contributed by atoms with Crippen LogP contribution in [0.2, 0.25) is 5.02 Å². The predicted octanol–water partition coefficient (Wildman–Crippen LogP) is 4.25. The summed E-state index contributed by atoms with van der Waals surface area (Å²) < 4.78 is 32.0. The molecule has 0 amide bonds. The maximum atomic E-state index is 13.3. The van der Waals surface area contributed by atoms with Crippen molar-refractivity contribution in [3.05, 3.63) is 64.2 Å². The molecule has 2 rings (SSSR count). The van der Waals surface area contributed by atoms with Crippen LogP contribution in [0.5, 0.6) is 5.75 Å². The molecule has 0 aliphatic heterocycles. The normalized spacial score (nSPS) is 12.2. The van der Waals surface area contributed by atoms with Crippen LogP contribution in [-0.4, -0.2) is 5.11 Å². The molecular weight excluding hydrogens is 286 g/mol. The standard InChI is InChI=1S/C15H13ClF2O2/c1-9(19)12-4-3-11(17)7-15(12)20-8-10-2-5-13(16)14(18)6-10/h2-7,9,19H,8H2,1H3/t9-/m0/s1. The summed E-state index contributed by atoms with van der Waals surface area (Å²) in [6, 6.07) is 8.19. The lowest BCUT2D eigenvalue weighted by atomic mass is 10.1. The van der Waals surface area contributed by atoms with Crippen molar-refractivity contribution in [2.75, 3.05) is 0 Å². The highest BCUT2D eigenvalue weighted by Gasteiger charge is 2.11. The smallest absolute Gasteiger partial charge is 0.142 e. The van der Waals surface area contributed by atoms with Crippen LogP contribution in [0, 0.1) is 11.6 Å². The molecule has 2 aromatic rings. The molecule has 2 nitrogen and oxygen atoms in total. The van der Waals surface area contributed by atoms with Crippen molar-refractivity contribution >= 4 is 11.6 Å². The Labute approximate surface area is 120 Å². The van der Waals surface area contributed by atoms with Crippen LogP contribution in [-0.2, 0) is 6.61 Å². The van der Waals surface area contributed by atoms with Gasteiger partial charge in [-0.25, -0.2) is 8.78 Å². The number of aliphatic hydroxyl groups excluding tert-OH is 1. The summed E-state index contributed by atoms with van der Waals surface area (Å²) in [5.41, 5.74) is 1.04. The van der Waals surface area contributed by atoms with Gasteiger partial charge in [0.25, 0.3) is 0 Å². The Kier molecular flexibility index (Phi) is 4.57. The van der Waals surface area contributed by atoms with E-state index in [1.54, 1.807) is 13.0 Å². The molecule has 106 valence electrons. The summed E-state index contributed by atoms with van der Waals surface area (Å²) in [5.74, 6) is -0.773. The second-order valence-electron chi connectivity index (χ2n) is 4.40. The van der Waals surface area contributed by atoms with Gasteiger partial charge in [-0.2, -0.15) is 0 Å². The first-order chi connectivity index (χ1) is 9.47. The van der Waals surface area contributed by atoms with Crippen LogP contribution in [0.15, 0.2) is 36.4 Å². The molecule has 0 spiro atoms. The molecule has 0 saturated heterocycles. The van der Waals surface area contributed by atoms with Gasteiger partial charge in [0, 0.05) is 11.6 Å². The Hall–Kier alpha value is -1.65. The molecule has 5 heteroatoms. The lowest BCUT2D eigenvalue weighted by molar-refractivity contribution is 0.190. The van der Waals surface area contributed by atoms with Gasteiger partial charge in [0.2, 0.25) is 0 Å². The van der Waals surface area contributed by atoms with Crippen molar-refractivity contribution in [1.82, 2.24) is 0 Å². The van der Waals surface area contributed by atoms with Gasteiger partial charge < -0.3 is 9.84 Å². The van der Waals surface area contributed by atoms with E-state index in [2.05, 4.69) is 0 Å². The lowest BCUT2D eigenvalue weighted by Crippen LogP contribution is -2.02. The third kappa shape index (κ3) is 3.46. The van der Waals surface area contributed by atoms with E-state index in [1.165, 1.54) is 30.3 Å². The SMILES string of the molecule is C[C@H](O)c1ccc(F)cc1OCc1ccc(Cl)c(F)c1. The first-order valence-electron chi connectivity index (χ1n) is 6.01. The first kappa shape index (κ1) is 14.8. The molecule has 0 bridgehead atoms. The molecule has 0 aliphatic carbocycles. The fourth-order valence-corrected chi connectivity index (χ4v) is 1.89. The van der Waals surface area contributed by atoms with Crippen molar-refractivity contribution in [3.8, 4) is 5.75 Å². The van der Waals surface area contributed by atoms with Gasteiger partial charge in [-0.05, 0) is 36.8 Å². The molecule has 0 aliphatic rings. The highest BCUT2D eigenvalue weighted by molar-refractivity contribution is 6.30. The zero-order chi connectivity index (χ0) is 14.7. The number of aliphatic hydroxyl groups is 1. The van der Waals surface area contributed by atoms with Gasteiger partial charge in [0.15, 0.2) is 0 Å². The summed E-state index contributed by atoms with van der Waals surface area (Å²) in [7, 11) is 0. The topological polar surface area (TPSA) is 29.5 Å². The van der Waals surface area contributed by atoms with Crippen molar-refractivity contribution < 1.29 is 18.6 Å². The number of hydrogen-bond acceptors (Lipinski definition) is 2. The molecule has 1 N–H and O–H groups in total. The van der Waals surface area contributed by atoms with Crippen LogP contribution in [0.4, 0.5) is 8.78 Å². The highest BCUT2D eigenvalue weighted by Crippen LogP contribution is 2.27. The van der Waals surface area contributed by atoms with E-state index in [-0.39, 0.29) is 17.4 Å². The summed E-state index contributed by atoms with van der Waals surface area (Å²) >= 11 is 5.59. The van der Waals surface area contributed by atoms with Gasteiger partial charge in [-0.1, -0.05) is 17.7 Å². The summed E-state index contributed by atoms with van der Waals surface area (Å²) in [4.78, 5) is 0. The summed E-state index contributed by atoms with van der Waals surface area (Å²) in [6.07, 6.45) is -0.785. The zero-order valence-corrected chi connectivity index (χ0v) is 11.5. The minimum absolute atomic E-state index is 0.0316. The molecule has 0 aromatic heterocycles. The Balaban J connectivity index is 2.17. The van der Waals surface area contributed by atoms with E-state index in [0.717, 1.165) is 0 Å². The largest absolute Gasteiger partial charge is 0.488 e.